The standard InChI is InChI=1S/C15H23BrN2O/c1-17-15(12-4-3-5-13(16)10-12)6-8-18(2)14-7-9-19-11-14/h3-5,10,14-15,17H,6-9,11H2,1-2H3. The van der Waals surface area contributed by atoms with E-state index in [0.29, 0.717) is 12.1 Å². The molecule has 1 fully saturated rings. The van der Waals surface area contributed by atoms with Crippen LogP contribution in [0, 0.1) is 0 Å². The Bertz CT molecular complexity index is 393. The van der Waals surface area contributed by atoms with Gasteiger partial charge in [0.25, 0.3) is 0 Å². The molecular formula is C15H23BrN2O. The van der Waals surface area contributed by atoms with E-state index in [2.05, 4.69) is 57.5 Å². The molecule has 19 heavy (non-hydrogen) atoms. The largest absolute Gasteiger partial charge is 0.380 e. The number of nitrogens with zero attached hydrogens (tertiary/aromatic N) is 1. The highest BCUT2D eigenvalue weighted by molar-refractivity contribution is 9.10. The molecule has 0 saturated carbocycles. The maximum Gasteiger partial charge on any atom is 0.0622 e. The first-order valence-corrected chi connectivity index (χ1v) is 7.70. The molecular weight excluding hydrogens is 304 g/mol. The lowest BCUT2D eigenvalue weighted by Gasteiger charge is -2.25. The van der Waals surface area contributed by atoms with Gasteiger partial charge in [-0.2, -0.15) is 0 Å². The molecule has 3 nitrogen and oxygen atoms in total. The predicted octanol–water partition coefficient (Wildman–Crippen LogP) is 2.82. The molecule has 2 unspecified atom stereocenters. The second kappa shape index (κ2) is 7.39. The normalized spacial score (nSPS) is 20.9. The van der Waals surface area contributed by atoms with Crippen molar-refractivity contribution in [1.29, 1.82) is 0 Å². The van der Waals surface area contributed by atoms with E-state index in [0.717, 1.165) is 37.1 Å². The van der Waals surface area contributed by atoms with E-state index in [4.69, 9.17) is 4.74 Å². The quantitative estimate of drug-likeness (QED) is 0.870. The predicted molar refractivity (Wildman–Crippen MR) is 82.4 cm³/mol. The molecule has 2 atom stereocenters. The third-order valence-electron chi connectivity index (χ3n) is 3.90. The number of nitrogens with one attached hydrogen (secondary N) is 1. The van der Waals surface area contributed by atoms with E-state index < -0.39 is 0 Å². The Morgan fingerprint density at radius 3 is 3.00 bits per heavy atom. The van der Waals surface area contributed by atoms with Gasteiger partial charge in [-0.05, 0) is 44.6 Å². The van der Waals surface area contributed by atoms with Crippen molar-refractivity contribution in [3.63, 3.8) is 0 Å². The molecule has 1 saturated heterocycles. The number of ether oxygens (including phenoxy) is 1. The number of halogens is 1. The number of benzene rings is 1. The molecule has 0 amide bonds. The van der Waals surface area contributed by atoms with Crippen molar-refractivity contribution in [1.82, 2.24) is 10.2 Å². The van der Waals surface area contributed by atoms with Gasteiger partial charge < -0.3 is 15.0 Å². The molecule has 2 rings (SSSR count). The van der Waals surface area contributed by atoms with Crippen LogP contribution in [-0.2, 0) is 4.74 Å². The monoisotopic (exact) mass is 326 g/mol. The van der Waals surface area contributed by atoms with Crippen molar-refractivity contribution in [3.05, 3.63) is 34.3 Å². The van der Waals surface area contributed by atoms with E-state index in [-0.39, 0.29) is 0 Å². The van der Waals surface area contributed by atoms with Gasteiger partial charge in [-0.1, -0.05) is 28.1 Å². The summed E-state index contributed by atoms with van der Waals surface area (Å²) in [6.07, 6.45) is 2.28. The van der Waals surface area contributed by atoms with Crippen molar-refractivity contribution in [2.75, 3.05) is 33.9 Å². The minimum absolute atomic E-state index is 0.405. The molecule has 0 aromatic heterocycles. The molecule has 4 heteroatoms. The fourth-order valence-electron chi connectivity index (χ4n) is 2.59. The van der Waals surface area contributed by atoms with E-state index in [1.54, 1.807) is 0 Å². The molecule has 1 aliphatic rings. The van der Waals surface area contributed by atoms with Crippen molar-refractivity contribution in [2.24, 2.45) is 0 Å². The molecule has 1 aromatic rings. The molecule has 0 radical (unpaired) electrons. The molecule has 1 aliphatic heterocycles. The third kappa shape index (κ3) is 4.28. The zero-order chi connectivity index (χ0) is 13.7. The molecule has 0 bridgehead atoms. The van der Waals surface area contributed by atoms with Gasteiger partial charge in [-0.25, -0.2) is 0 Å². The maximum absolute atomic E-state index is 5.45. The number of likely N-dealkylation sites (N-methyl/N-ethyl adjacent to an activating group) is 1. The van der Waals surface area contributed by atoms with Gasteiger partial charge in [-0.15, -0.1) is 0 Å². The Morgan fingerprint density at radius 2 is 2.37 bits per heavy atom. The average Bonchev–Trinajstić information content (AvgIpc) is 2.93. The molecule has 1 N–H and O–H groups in total. The van der Waals surface area contributed by atoms with Crippen molar-refractivity contribution >= 4 is 15.9 Å². The Labute approximate surface area is 124 Å². The fourth-order valence-corrected chi connectivity index (χ4v) is 3.00. The molecule has 0 spiro atoms. The number of hydrogen-bond acceptors (Lipinski definition) is 3. The maximum atomic E-state index is 5.45. The van der Waals surface area contributed by atoms with Crippen LogP contribution in [0.15, 0.2) is 28.7 Å². The SMILES string of the molecule is CNC(CCN(C)C1CCOC1)c1cccc(Br)c1. The van der Waals surface area contributed by atoms with Crippen LogP contribution < -0.4 is 5.32 Å². The van der Waals surface area contributed by atoms with Crippen LogP contribution in [0.3, 0.4) is 0 Å². The molecule has 1 heterocycles. The average molecular weight is 327 g/mol. The highest BCUT2D eigenvalue weighted by Crippen LogP contribution is 2.21. The fraction of sp³-hybridized carbons (Fsp3) is 0.600. The topological polar surface area (TPSA) is 24.5 Å². The smallest absolute Gasteiger partial charge is 0.0622 e. The summed E-state index contributed by atoms with van der Waals surface area (Å²) in [5, 5.41) is 3.41. The summed E-state index contributed by atoms with van der Waals surface area (Å²) in [4.78, 5) is 2.43. The lowest BCUT2D eigenvalue weighted by Crippen LogP contribution is -2.34. The van der Waals surface area contributed by atoms with Crippen LogP contribution in [0.25, 0.3) is 0 Å². The Morgan fingerprint density at radius 1 is 1.53 bits per heavy atom. The molecule has 1 aromatic carbocycles. The van der Waals surface area contributed by atoms with Crippen LogP contribution in [0.4, 0.5) is 0 Å². The minimum Gasteiger partial charge on any atom is -0.380 e. The van der Waals surface area contributed by atoms with Gasteiger partial charge in [0.05, 0.1) is 6.61 Å². The third-order valence-corrected chi connectivity index (χ3v) is 4.39. The summed E-state index contributed by atoms with van der Waals surface area (Å²) < 4.78 is 6.59. The van der Waals surface area contributed by atoms with E-state index >= 15 is 0 Å². The summed E-state index contributed by atoms with van der Waals surface area (Å²) >= 11 is 3.54. The molecule has 0 aliphatic carbocycles. The Hall–Kier alpha value is -0.420. The Kier molecular flexibility index (Phi) is 5.82. The van der Waals surface area contributed by atoms with E-state index in [1.165, 1.54) is 5.56 Å². The van der Waals surface area contributed by atoms with E-state index in [9.17, 15) is 0 Å². The summed E-state index contributed by atoms with van der Waals surface area (Å²) in [5.41, 5.74) is 1.34. The second-order valence-electron chi connectivity index (χ2n) is 5.18. The number of hydrogen-bond donors (Lipinski definition) is 1. The van der Waals surface area contributed by atoms with Gasteiger partial charge >= 0.3 is 0 Å². The van der Waals surface area contributed by atoms with Crippen molar-refractivity contribution in [2.45, 2.75) is 24.9 Å². The zero-order valence-corrected chi connectivity index (χ0v) is 13.3. The lowest BCUT2D eigenvalue weighted by atomic mass is 10.0. The highest BCUT2D eigenvalue weighted by atomic mass is 79.9. The molecule has 106 valence electrons. The highest BCUT2D eigenvalue weighted by Gasteiger charge is 2.21. The zero-order valence-electron chi connectivity index (χ0n) is 11.7. The minimum atomic E-state index is 0.405. The first-order chi connectivity index (χ1) is 9.20. The van der Waals surface area contributed by atoms with Gasteiger partial charge in [0.15, 0.2) is 0 Å². The van der Waals surface area contributed by atoms with Crippen LogP contribution >= 0.6 is 15.9 Å². The van der Waals surface area contributed by atoms with Crippen LogP contribution in [0.1, 0.15) is 24.4 Å². The van der Waals surface area contributed by atoms with Crippen LogP contribution in [-0.4, -0.2) is 44.8 Å². The summed E-state index contributed by atoms with van der Waals surface area (Å²) in [5.74, 6) is 0. The summed E-state index contributed by atoms with van der Waals surface area (Å²) in [6.45, 7) is 2.89. The van der Waals surface area contributed by atoms with Gasteiger partial charge in [0, 0.05) is 29.7 Å². The summed E-state index contributed by atoms with van der Waals surface area (Å²) in [6, 6.07) is 9.54. The van der Waals surface area contributed by atoms with Gasteiger partial charge in [-0.3, -0.25) is 0 Å². The Balaban J connectivity index is 1.88. The van der Waals surface area contributed by atoms with Crippen molar-refractivity contribution in [3.8, 4) is 0 Å². The number of rotatable bonds is 6. The summed E-state index contributed by atoms with van der Waals surface area (Å²) in [7, 11) is 4.23. The van der Waals surface area contributed by atoms with Crippen molar-refractivity contribution < 1.29 is 4.74 Å². The van der Waals surface area contributed by atoms with Gasteiger partial charge in [0.1, 0.15) is 0 Å². The lowest BCUT2D eigenvalue weighted by molar-refractivity contribution is 0.157. The van der Waals surface area contributed by atoms with Crippen LogP contribution in [0.2, 0.25) is 0 Å². The van der Waals surface area contributed by atoms with Crippen LogP contribution in [0.5, 0.6) is 0 Å². The first kappa shape index (κ1) is 15.0. The van der Waals surface area contributed by atoms with E-state index in [1.807, 2.05) is 7.05 Å². The second-order valence-corrected chi connectivity index (χ2v) is 6.10. The first-order valence-electron chi connectivity index (χ1n) is 6.91. The van der Waals surface area contributed by atoms with Gasteiger partial charge in [0.2, 0.25) is 0 Å².